The summed E-state index contributed by atoms with van der Waals surface area (Å²) in [4.78, 5) is 21.4. The lowest BCUT2D eigenvalue weighted by molar-refractivity contribution is -0.384. The normalized spacial score (nSPS) is 10.8. The molecule has 0 bridgehead atoms. The van der Waals surface area contributed by atoms with Crippen molar-refractivity contribution in [3.05, 3.63) is 39.9 Å². The molecule has 0 heterocycles. The molecule has 0 aliphatic heterocycles. The van der Waals surface area contributed by atoms with Crippen molar-refractivity contribution in [3.8, 4) is 0 Å². The predicted octanol–water partition coefficient (Wildman–Crippen LogP) is 1.97. The summed E-state index contributed by atoms with van der Waals surface area (Å²) in [5.41, 5.74) is 2.62. The van der Waals surface area contributed by atoms with E-state index >= 15 is 0 Å². The Hall–Kier alpha value is -2.24. The molecule has 6 nitrogen and oxygen atoms in total. The van der Waals surface area contributed by atoms with Gasteiger partial charge in [-0.1, -0.05) is 13.8 Å². The van der Waals surface area contributed by atoms with Crippen LogP contribution in [0.3, 0.4) is 0 Å². The van der Waals surface area contributed by atoms with Crippen molar-refractivity contribution in [1.82, 2.24) is 5.43 Å². The van der Waals surface area contributed by atoms with Crippen LogP contribution in [-0.2, 0) is 0 Å². The van der Waals surface area contributed by atoms with Crippen LogP contribution in [0.4, 0.5) is 5.69 Å². The number of nitrogens with one attached hydrogen (secondary N) is 1. The van der Waals surface area contributed by atoms with E-state index in [0.717, 1.165) is 0 Å². The van der Waals surface area contributed by atoms with Gasteiger partial charge in [0.25, 0.3) is 11.6 Å². The minimum Gasteiger partial charge on any atom is -0.267 e. The van der Waals surface area contributed by atoms with Gasteiger partial charge in [-0.05, 0) is 18.1 Å². The van der Waals surface area contributed by atoms with Gasteiger partial charge in [0.15, 0.2) is 0 Å². The smallest absolute Gasteiger partial charge is 0.267 e. The Morgan fingerprint density at radius 2 is 2.00 bits per heavy atom. The Morgan fingerprint density at radius 3 is 2.47 bits per heavy atom. The number of hydrazone groups is 1. The van der Waals surface area contributed by atoms with Gasteiger partial charge in [0.2, 0.25) is 0 Å². The third-order valence-electron chi connectivity index (χ3n) is 1.88. The van der Waals surface area contributed by atoms with E-state index in [0.29, 0.717) is 5.56 Å². The third kappa shape index (κ3) is 4.02. The summed E-state index contributed by atoms with van der Waals surface area (Å²) in [6, 6.07) is 5.33. The van der Waals surface area contributed by atoms with Gasteiger partial charge in [-0.25, -0.2) is 5.43 Å². The van der Waals surface area contributed by atoms with E-state index in [1.165, 1.54) is 24.3 Å². The molecule has 1 aromatic carbocycles. The molecule has 0 aliphatic carbocycles. The molecule has 6 heteroatoms. The summed E-state index contributed by atoms with van der Waals surface area (Å²) in [6.45, 7) is 3.86. The molecule has 0 saturated heterocycles. The second-order valence-electron chi connectivity index (χ2n) is 3.77. The molecule has 0 spiro atoms. The van der Waals surface area contributed by atoms with Crippen molar-refractivity contribution >= 4 is 17.8 Å². The second-order valence-corrected chi connectivity index (χ2v) is 3.77. The molecular weight excluding hydrogens is 222 g/mol. The first-order valence-corrected chi connectivity index (χ1v) is 5.08. The van der Waals surface area contributed by atoms with Crippen LogP contribution in [0.1, 0.15) is 24.2 Å². The van der Waals surface area contributed by atoms with E-state index in [-0.39, 0.29) is 11.6 Å². The minimum atomic E-state index is -0.515. The Morgan fingerprint density at radius 1 is 1.41 bits per heavy atom. The summed E-state index contributed by atoms with van der Waals surface area (Å²) in [5.74, 6) is -0.149. The van der Waals surface area contributed by atoms with Crippen LogP contribution in [0.5, 0.6) is 0 Å². The summed E-state index contributed by atoms with van der Waals surface area (Å²) < 4.78 is 0. The van der Waals surface area contributed by atoms with Gasteiger partial charge >= 0.3 is 0 Å². The van der Waals surface area contributed by atoms with E-state index in [9.17, 15) is 14.9 Å². The Labute approximate surface area is 98.5 Å². The number of hydrogen-bond donors (Lipinski definition) is 1. The SMILES string of the molecule is CC(C)C=NNC(=O)c1ccc([N+](=O)[O-])cc1. The van der Waals surface area contributed by atoms with Crippen LogP contribution >= 0.6 is 0 Å². The van der Waals surface area contributed by atoms with E-state index in [1.807, 2.05) is 13.8 Å². The monoisotopic (exact) mass is 235 g/mol. The van der Waals surface area contributed by atoms with Gasteiger partial charge in [0.1, 0.15) is 0 Å². The number of nitro benzene ring substituents is 1. The Balaban J connectivity index is 2.67. The summed E-state index contributed by atoms with van der Waals surface area (Å²) in [7, 11) is 0. The van der Waals surface area contributed by atoms with E-state index < -0.39 is 10.8 Å². The fourth-order valence-corrected chi connectivity index (χ4v) is 1.04. The van der Waals surface area contributed by atoms with Gasteiger partial charge in [-0.15, -0.1) is 0 Å². The average molecular weight is 235 g/mol. The lowest BCUT2D eigenvalue weighted by Crippen LogP contribution is -2.17. The van der Waals surface area contributed by atoms with Crippen molar-refractivity contribution in [2.24, 2.45) is 11.0 Å². The van der Waals surface area contributed by atoms with Crippen LogP contribution in [0, 0.1) is 16.0 Å². The number of nitro groups is 1. The largest absolute Gasteiger partial charge is 0.271 e. The quantitative estimate of drug-likeness (QED) is 0.491. The molecule has 1 N–H and O–H groups in total. The second kappa shape index (κ2) is 5.74. The highest BCUT2D eigenvalue weighted by atomic mass is 16.6. The van der Waals surface area contributed by atoms with Gasteiger partial charge < -0.3 is 0 Å². The Bertz CT molecular complexity index is 438. The molecule has 1 amide bonds. The molecule has 0 unspecified atom stereocenters. The van der Waals surface area contributed by atoms with Crippen molar-refractivity contribution < 1.29 is 9.72 Å². The highest BCUT2D eigenvalue weighted by Crippen LogP contribution is 2.11. The molecule has 0 radical (unpaired) electrons. The molecule has 0 fully saturated rings. The highest BCUT2D eigenvalue weighted by Gasteiger charge is 2.08. The first-order valence-electron chi connectivity index (χ1n) is 5.08. The molecule has 1 rings (SSSR count). The number of amides is 1. The van der Waals surface area contributed by atoms with E-state index in [1.54, 1.807) is 6.21 Å². The van der Waals surface area contributed by atoms with Crippen LogP contribution in [-0.4, -0.2) is 17.0 Å². The Kier molecular flexibility index (Phi) is 4.33. The van der Waals surface area contributed by atoms with Gasteiger partial charge in [-0.3, -0.25) is 14.9 Å². The maximum Gasteiger partial charge on any atom is 0.271 e. The third-order valence-corrected chi connectivity index (χ3v) is 1.88. The predicted molar refractivity (Wildman–Crippen MR) is 63.9 cm³/mol. The fraction of sp³-hybridized carbons (Fsp3) is 0.273. The molecule has 0 saturated carbocycles. The molecular formula is C11H13N3O3. The molecule has 0 atom stereocenters. The highest BCUT2D eigenvalue weighted by molar-refractivity contribution is 5.94. The maximum atomic E-state index is 11.5. The molecule has 0 aliphatic rings. The number of hydrogen-bond acceptors (Lipinski definition) is 4. The standard InChI is InChI=1S/C11H13N3O3/c1-8(2)7-12-13-11(15)9-3-5-10(6-4-9)14(16)17/h3-8H,1-2H3,(H,13,15). The van der Waals surface area contributed by atoms with Gasteiger partial charge in [-0.2, -0.15) is 5.10 Å². The number of carbonyl (C=O) groups excluding carboxylic acids is 1. The zero-order chi connectivity index (χ0) is 12.8. The topological polar surface area (TPSA) is 84.6 Å². The van der Waals surface area contributed by atoms with Crippen molar-refractivity contribution in [2.45, 2.75) is 13.8 Å². The number of carbonyl (C=O) groups is 1. The molecule has 17 heavy (non-hydrogen) atoms. The first kappa shape index (κ1) is 12.8. The van der Waals surface area contributed by atoms with Crippen LogP contribution in [0.25, 0.3) is 0 Å². The summed E-state index contributed by atoms with van der Waals surface area (Å²) in [5, 5.41) is 14.2. The molecule has 90 valence electrons. The van der Waals surface area contributed by atoms with Gasteiger partial charge in [0, 0.05) is 23.9 Å². The number of nitrogens with zero attached hydrogens (tertiary/aromatic N) is 2. The first-order chi connectivity index (χ1) is 8.00. The number of non-ortho nitro benzene ring substituents is 1. The van der Waals surface area contributed by atoms with Crippen LogP contribution in [0.15, 0.2) is 29.4 Å². The number of benzene rings is 1. The van der Waals surface area contributed by atoms with Crippen molar-refractivity contribution in [2.75, 3.05) is 0 Å². The minimum absolute atomic E-state index is 0.0489. The van der Waals surface area contributed by atoms with Crippen LogP contribution in [0.2, 0.25) is 0 Å². The van der Waals surface area contributed by atoms with Crippen LogP contribution < -0.4 is 5.43 Å². The summed E-state index contributed by atoms with van der Waals surface area (Å²) >= 11 is 0. The van der Waals surface area contributed by atoms with E-state index in [2.05, 4.69) is 10.5 Å². The van der Waals surface area contributed by atoms with Gasteiger partial charge in [0.05, 0.1) is 4.92 Å². The zero-order valence-corrected chi connectivity index (χ0v) is 9.58. The zero-order valence-electron chi connectivity index (χ0n) is 9.58. The fourth-order valence-electron chi connectivity index (χ4n) is 1.04. The van der Waals surface area contributed by atoms with Crippen molar-refractivity contribution in [3.63, 3.8) is 0 Å². The number of rotatable bonds is 4. The van der Waals surface area contributed by atoms with E-state index in [4.69, 9.17) is 0 Å². The summed E-state index contributed by atoms with van der Waals surface area (Å²) in [6.07, 6.45) is 1.60. The lowest BCUT2D eigenvalue weighted by Gasteiger charge is -2.00. The van der Waals surface area contributed by atoms with Crippen molar-refractivity contribution in [1.29, 1.82) is 0 Å². The average Bonchev–Trinajstić information content (AvgIpc) is 2.28. The maximum absolute atomic E-state index is 11.5. The lowest BCUT2D eigenvalue weighted by atomic mass is 10.2. The molecule has 1 aromatic rings. The molecule has 0 aromatic heterocycles.